The van der Waals surface area contributed by atoms with Crippen molar-refractivity contribution in [2.24, 2.45) is 5.92 Å². The molecule has 7 rings (SSSR count). The molecule has 3 unspecified atom stereocenters. The van der Waals surface area contributed by atoms with Crippen molar-refractivity contribution in [3.05, 3.63) is 94.0 Å². The number of fused-ring (bicyclic) bond motifs is 6. The Bertz CT molecular complexity index is 2170. The van der Waals surface area contributed by atoms with Crippen molar-refractivity contribution in [2.75, 3.05) is 5.73 Å². The number of H-pyrrole nitrogens is 2. The number of aromatic nitrogens is 4. The number of halogens is 10. The van der Waals surface area contributed by atoms with Crippen molar-refractivity contribution >= 4 is 57.9 Å². The molecule has 0 radical (unpaired) electrons. The molecule has 0 saturated heterocycles. The van der Waals surface area contributed by atoms with Gasteiger partial charge >= 0.3 is 18.5 Å². The number of carbonyl (C=O) groups excluding carboxylic acids is 3. The van der Waals surface area contributed by atoms with E-state index >= 15 is 0 Å². The van der Waals surface area contributed by atoms with Gasteiger partial charge in [-0.05, 0) is 62.1 Å². The minimum atomic E-state index is -5.19. The number of carbonyl (C=O) groups is 3. The number of unbranched alkanes of at least 4 members (excludes halogenated alkanes) is 1. The molecule has 0 fully saturated rings. The highest BCUT2D eigenvalue weighted by atomic mass is 35.5. The van der Waals surface area contributed by atoms with Crippen LogP contribution in [0.2, 0.25) is 5.02 Å². The molecular weight excluding hydrogens is 831 g/mol. The Kier molecular flexibility index (Phi) is 14.7. The third-order valence-electron chi connectivity index (χ3n) is 9.23. The number of pyridine rings is 1. The molecule has 4 aromatic rings. The van der Waals surface area contributed by atoms with Gasteiger partial charge in [0, 0.05) is 45.9 Å². The predicted octanol–water partition coefficient (Wildman–Crippen LogP) is 2.34. The number of nitrogens with one attached hydrogen (secondary N) is 3. The van der Waals surface area contributed by atoms with Gasteiger partial charge in [0.05, 0.1) is 11.1 Å². The lowest BCUT2D eigenvalue weighted by Gasteiger charge is -2.34. The number of allylic oxidation sites excluding steroid dienone is 2. The maximum atomic E-state index is 10.5. The number of aryl methyl sites for hydroxylation is 1. The van der Waals surface area contributed by atoms with Crippen LogP contribution in [0.25, 0.3) is 17.0 Å². The van der Waals surface area contributed by atoms with Crippen LogP contribution in [0.15, 0.2) is 66.5 Å². The third kappa shape index (κ3) is 12.9. The minimum absolute atomic E-state index is 0.511. The molecule has 0 spiro atoms. The Morgan fingerprint density at radius 3 is 2.14 bits per heavy atom. The number of carboxylic acid groups (broad SMARTS) is 3. The quantitative estimate of drug-likeness (QED) is 0.109. The summed E-state index contributed by atoms with van der Waals surface area (Å²) in [6, 6.07) is 14.5. The van der Waals surface area contributed by atoms with Crippen molar-refractivity contribution in [3.8, 4) is 0 Å². The lowest BCUT2D eigenvalue weighted by Crippen LogP contribution is -3.00. The highest BCUT2D eigenvalue weighted by Gasteiger charge is 2.37. The van der Waals surface area contributed by atoms with E-state index in [-0.39, 0.29) is 0 Å². The summed E-state index contributed by atoms with van der Waals surface area (Å²) in [7, 11) is 0. The number of carboxylic acids is 3. The molecule has 0 amide bonds. The number of rotatable bonds is 7. The van der Waals surface area contributed by atoms with E-state index in [1.165, 1.54) is 40.2 Å². The highest BCUT2D eigenvalue weighted by Crippen LogP contribution is 2.46. The Morgan fingerprint density at radius 1 is 0.915 bits per heavy atom. The zero-order valence-electron chi connectivity index (χ0n) is 30.4. The molecule has 12 nitrogen and oxygen atoms in total. The molecule has 2 aliphatic carbocycles. The van der Waals surface area contributed by atoms with Crippen LogP contribution < -0.4 is 35.6 Å². The van der Waals surface area contributed by atoms with Gasteiger partial charge < -0.3 is 35.4 Å². The summed E-state index contributed by atoms with van der Waals surface area (Å²) in [6.45, 7) is 1.82. The molecular formula is C37H34ClF9N6O6. The Balaban J connectivity index is 0.000000303. The molecule has 3 atom stereocenters. The Morgan fingerprint density at radius 2 is 1.53 bits per heavy atom. The number of nitrogens with zero attached hydrogens (tertiary/aromatic N) is 2. The number of nitrogen functional groups attached to an aromatic ring is 1. The molecule has 2 aromatic heterocycles. The smallest absolute Gasteiger partial charge is 0.430 e. The number of aliphatic carboxylic acids is 3. The predicted molar refractivity (Wildman–Crippen MR) is 183 cm³/mol. The molecule has 1 aliphatic heterocycles. The average molecular weight is 865 g/mol. The summed E-state index contributed by atoms with van der Waals surface area (Å²) >= 11 is 6.24. The Hall–Kier alpha value is -5.70. The number of benzene rings is 2. The van der Waals surface area contributed by atoms with E-state index in [0.717, 1.165) is 66.1 Å². The number of nitrogens with two attached hydrogens (primary N) is 1. The van der Waals surface area contributed by atoms with Gasteiger partial charge in [0.25, 0.3) is 5.69 Å². The van der Waals surface area contributed by atoms with Crippen molar-refractivity contribution in [1.82, 2.24) is 10.3 Å². The van der Waals surface area contributed by atoms with E-state index in [1.807, 2.05) is 12.1 Å². The van der Waals surface area contributed by atoms with E-state index in [9.17, 15) is 39.5 Å². The van der Waals surface area contributed by atoms with Crippen molar-refractivity contribution < 1.29 is 83.8 Å². The zero-order chi connectivity index (χ0) is 43.9. The first kappa shape index (κ1) is 46.0. The molecule has 22 heteroatoms. The SMILES string of the molecule is Nc1c2c([nH+]c3cc(Cl)ccc13)CC1C=C(CCCC[n+]3cc(C[NH+]4C=Cc5ccccc54)n[nH]3)CC2C1.O=C([O-])C(F)(F)F.O=C([O-])C(F)(F)F.O=C([O-])C(F)(F)F. The normalized spacial score (nSPS) is 17.8. The third-order valence-corrected chi connectivity index (χ3v) is 9.46. The number of anilines is 1. The summed E-state index contributed by atoms with van der Waals surface area (Å²) in [4.78, 5) is 31.4. The van der Waals surface area contributed by atoms with Crippen molar-refractivity contribution in [2.45, 2.75) is 76.1 Å². The van der Waals surface area contributed by atoms with Crippen molar-refractivity contribution in [1.29, 1.82) is 0 Å². The summed E-state index contributed by atoms with van der Waals surface area (Å²) in [5.74, 6) is -7.91. The van der Waals surface area contributed by atoms with E-state index in [2.05, 4.69) is 74.9 Å². The molecule has 2 bridgehead atoms. The first-order valence-corrected chi connectivity index (χ1v) is 17.9. The van der Waals surface area contributed by atoms with Gasteiger partial charge in [-0.1, -0.05) is 40.6 Å². The van der Waals surface area contributed by atoms with Crippen LogP contribution in [-0.4, -0.2) is 46.7 Å². The van der Waals surface area contributed by atoms with E-state index < -0.39 is 36.4 Å². The fourth-order valence-corrected chi connectivity index (χ4v) is 7.00. The van der Waals surface area contributed by atoms with E-state index in [4.69, 9.17) is 47.0 Å². The number of para-hydroxylation sites is 1. The van der Waals surface area contributed by atoms with Crippen LogP contribution in [0.3, 0.4) is 0 Å². The maximum absolute atomic E-state index is 10.5. The molecule has 2 aromatic carbocycles. The Labute approximate surface area is 333 Å². The van der Waals surface area contributed by atoms with Gasteiger partial charge in [-0.3, -0.25) is 4.90 Å². The monoisotopic (exact) mass is 864 g/mol. The second-order valence-electron chi connectivity index (χ2n) is 13.5. The van der Waals surface area contributed by atoms with Gasteiger partial charge in [0.1, 0.15) is 36.3 Å². The number of quaternary nitrogens is 1. The maximum Gasteiger partial charge on any atom is 0.430 e. The van der Waals surface area contributed by atoms with Crippen LogP contribution in [0, 0.1) is 5.92 Å². The van der Waals surface area contributed by atoms with Crippen LogP contribution in [-0.2, 0) is 33.9 Å². The topological polar surface area (TPSA) is 198 Å². The first-order valence-electron chi connectivity index (χ1n) is 17.5. The van der Waals surface area contributed by atoms with E-state index in [0.29, 0.717) is 11.8 Å². The number of hydrogen-bond donors (Lipinski definition) is 3. The largest absolute Gasteiger partial charge is 0.542 e. The fourth-order valence-electron chi connectivity index (χ4n) is 6.83. The number of alkyl halides is 9. The van der Waals surface area contributed by atoms with Crippen LogP contribution in [0.1, 0.15) is 60.5 Å². The molecule has 3 heterocycles. The second-order valence-corrected chi connectivity index (χ2v) is 13.9. The molecule has 59 heavy (non-hydrogen) atoms. The van der Waals surface area contributed by atoms with Gasteiger partial charge in [-0.15, -0.1) is 0 Å². The van der Waals surface area contributed by atoms with E-state index in [1.54, 1.807) is 5.57 Å². The van der Waals surface area contributed by atoms with Crippen LogP contribution in [0.4, 0.5) is 50.9 Å². The lowest BCUT2D eigenvalue weighted by atomic mass is 9.70. The molecule has 318 valence electrons. The minimum Gasteiger partial charge on any atom is -0.542 e. The first-order chi connectivity index (χ1) is 27.4. The van der Waals surface area contributed by atoms with Crippen LogP contribution >= 0.6 is 11.6 Å². The van der Waals surface area contributed by atoms with Crippen molar-refractivity contribution in [3.63, 3.8) is 0 Å². The standard InChI is InChI=1S/C31H31ClN6.3C2HF3O2/c32-24-8-9-26-27(17-24)34-28-16-21-13-20(14-23(15-21)30(28)31(26)33)5-3-4-11-38-19-25(35-36-38)18-37-12-10-22-6-1-2-7-29(22)37;3*3-2(4,5)1(6)7/h1-2,6-10,12-13,17,19,21,23H,3-5,11,14-16,18H2,(H2,33,34);3*(H,6,7). The number of hydrogen-bond acceptors (Lipinski definition) is 8. The summed E-state index contributed by atoms with van der Waals surface area (Å²) in [5, 5.41) is 35.9. The molecule has 5 N–H and O–H groups in total. The average Bonchev–Trinajstić information content (AvgIpc) is 3.76. The van der Waals surface area contributed by atoms with Gasteiger partial charge in [0.2, 0.25) is 5.52 Å². The molecule has 3 aliphatic rings. The van der Waals surface area contributed by atoms with Gasteiger partial charge in [-0.25, -0.2) is 4.98 Å². The summed E-state index contributed by atoms with van der Waals surface area (Å²) < 4.78 is 96.8. The van der Waals surface area contributed by atoms with Gasteiger partial charge in [-0.2, -0.15) is 44.2 Å². The number of aromatic amines is 2. The van der Waals surface area contributed by atoms with Crippen LogP contribution in [0.5, 0.6) is 0 Å². The second kappa shape index (κ2) is 18.9. The summed E-state index contributed by atoms with van der Waals surface area (Å²) in [6.07, 6.45) is 0.401. The molecule has 0 saturated carbocycles. The highest BCUT2D eigenvalue weighted by molar-refractivity contribution is 6.31. The van der Waals surface area contributed by atoms with Gasteiger partial charge in [0.15, 0.2) is 18.4 Å². The zero-order valence-corrected chi connectivity index (χ0v) is 31.1. The summed E-state index contributed by atoms with van der Waals surface area (Å²) in [5.41, 5.74) is 16.7. The fraction of sp³-hybridized carbons (Fsp3) is 0.351. The lowest BCUT2D eigenvalue weighted by molar-refractivity contribution is -0.789.